The van der Waals surface area contributed by atoms with Crippen LogP contribution in [0.2, 0.25) is 0 Å². The molecule has 1 fully saturated rings. The summed E-state index contributed by atoms with van der Waals surface area (Å²) in [5.74, 6) is -0.691. The first-order chi connectivity index (χ1) is 16.9. The standard InChI is InChI=1S/C24H23BrFN5O4/c25-18-12-15(6-7-19(18)26)13-20(28-34)23-21(29-35-30-23)14-22(32)16-8-10-31(11-9-16)24(33)27-17-4-2-1-3-5-17/h1-7,12,16,34H,8-11,13-14H2,(H,27,33). The Balaban J connectivity index is 1.34. The molecule has 4 rings (SSSR count). The number of para-hydroxylation sites is 1. The van der Waals surface area contributed by atoms with Crippen LogP contribution in [0, 0.1) is 11.7 Å². The molecule has 35 heavy (non-hydrogen) atoms. The van der Waals surface area contributed by atoms with Crippen LogP contribution in [0.3, 0.4) is 0 Å². The topological polar surface area (TPSA) is 121 Å². The Labute approximate surface area is 209 Å². The average Bonchev–Trinajstić information content (AvgIpc) is 3.33. The normalized spacial score (nSPS) is 14.7. The molecule has 1 aromatic heterocycles. The minimum absolute atomic E-state index is 0.0359. The molecular weight excluding hydrogens is 521 g/mol. The lowest BCUT2D eigenvalue weighted by atomic mass is 9.89. The number of Topliss-reactive ketones (excluding diaryl/α,β-unsaturated/α-hetero) is 1. The van der Waals surface area contributed by atoms with E-state index in [1.807, 2.05) is 30.3 Å². The summed E-state index contributed by atoms with van der Waals surface area (Å²) in [6.07, 6.45) is 1.17. The summed E-state index contributed by atoms with van der Waals surface area (Å²) in [6, 6.07) is 13.4. The van der Waals surface area contributed by atoms with Crippen molar-refractivity contribution in [3.05, 3.63) is 75.8 Å². The number of nitrogens with one attached hydrogen (secondary N) is 1. The molecule has 2 aromatic carbocycles. The highest BCUT2D eigenvalue weighted by atomic mass is 79.9. The van der Waals surface area contributed by atoms with E-state index in [0.717, 1.165) is 5.69 Å². The maximum atomic E-state index is 13.5. The smallest absolute Gasteiger partial charge is 0.321 e. The molecule has 1 aliphatic rings. The summed E-state index contributed by atoms with van der Waals surface area (Å²) < 4.78 is 18.6. The predicted molar refractivity (Wildman–Crippen MR) is 129 cm³/mol. The third-order valence-electron chi connectivity index (χ3n) is 5.91. The van der Waals surface area contributed by atoms with Crippen molar-refractivity contribution in [2.45, 2.75) is 25.7 Å². The maximum Gasteiger partial charge on any atom is 0.321 e. The number of anilines is 1. The summed E-state index contributed by atoms with van der Waals surface area (Å²) in [7, 11) is 0. The van der Waals surface area contributed by atoms with Crippen molar-refractivity contribution in [3.63, 3.8) is 0 Å². The molecular formula is C24H23BrFN5O4. The molecule has 0 atom stereocenters. The highest BCUT2D eigenvalue weighted by molar-refractivity contribution is 9.10. The molecule has 182 valence electrons. The molecule has 9 nitrogen and oxygen atoms in total. The second-order valence-electron chi connectivity index (χ2n) is 8.23. The Morgan fingerprint density at radius 1 is 1.14 bits per heavy atom. The van der Waals surface area contributed by atoms with E-state index in [2.05, 4.69) is 36.7 Å². The van der Waals surface area contributed by atoms with Crippen molar-refractivity contribution in [2.75, 3.05) is 18.4 Å². The lowest BCUT2D eigenvalue weighted by Crippen LogP contribution is -2.42. The minimum atomic E-state index is -0.408. The van der Waals surface area contributed by atoms with E-state index in [1.54, 1.807) is 17.0 Å². The zero-order valence-corrected chi connectivity index (χ0v) is 20.2. The second-order valence-corrected chi connectivity index (χ2v) is 9.09. The Morgan fingerprint density at radius 3 is 2.57 bits per heavy atom. The van der Waals surface area contributed by atoms with Gasteiger partial charge in [0.15, 0.2) is 5.69 Å². The van der Waals surface area contributed by atoms with Gasteiger partial charge in [0, 0.05) is 31.1 Å². The lowest BCUT2D eigenvalue weighted by molar-refractivity contribution is -0.123. The Morgan fingerprint density at radius 2 is 1.89 bits per heavy atom. The molecule has 2 amide bonds. The molecule has 0 bridgehead atoms. The number of hydrogen-bond acceptors (Lipinski definition) is 7. The monoisotopic (exact) mass is 543 g/mol. The number of piperidine rings is 1. The number of hydrogen-bond donors (Lipinski definition) is 2. The van der Waals surface area contributed by atoms with E-state index >= 15 is 0 Å². The van der Waals surface area contributed by atoms with Gasteiger partial charge in [-0.25, -0.2) is 13.8 Å². The van der Waals surface area contributed by atoms with Crippen LogP contribution in [0.4, 0.5) is 14.9 Å². The highest BCUT2D eigenvalue weighted by Gasteiger charge is 2.29. The van der Waals surface area contributed by atoms with Gasteiger partial charge in [-0.05, 0) is 63.8 Å². The number of aromatic nitrogens is 2. The summed E-state index contributed by atoms with van der Waals surface area (Å²) in [6.45, 7) is 0.920. The average molecular weight is 544 g/mol. The first kappa shape index (κ1) is 24.5. The van der Waals surface area contributed by atoms with E-state index in [1.165, 1.54) is 6.07 Å². The minimum Gasteiger partial charge on any atom is -0.411 e. The van der Waals surface area contributed by atoms with Gasteiger partial charge in [0.1, 0.15) is 23.0 Å². The fourth-order valence-corrected chi connectivity index (χ4v) is 4.42. The van der Waals surface area contributed by atoms with Gasteiger partial charge >= 0.3 is 6.03 Å². The van der Waals surface area contributed by atoms with Crippen LogP contribution in [0.15, 0.2) is 62.8 Å². The molecule has 1 saturated heterocycles. The molecule has 3 aromatic rings. The number of carbonyl (C=O) groups excluding carboxylic acids is 2. The van der Waals surface area contributed by atoms with Crippen LogP contribution >= 0.6 is 15.9 Å². The van der Waals surface area contributed by atoms with Crippen molar-refractivity contribution < 1.29 is 23.8 Å². The van der Waals surface area contributed by atoms with Crippen molar-refractivity contribution in [1.82, 2.24) is 15.2 Å². The number of likely N-dealkylation sites (tertiary alicyclic amines) is 1. The van der Waals surface area contributed by atoms with Gasteiger partial charge in [0.25, 0.3) is 0 Å². The SMILES string of the molecule is O=C(Cc1nonc1C(Cc1ccc(F)c(Br)c1)=NO)C1CCN(C(=O)Nc2ccccc2)CC1. The third kappa shape index (κ3) is 6.10. The Bertz CT molecular complexity index is 1230. The highest BCUT2D eigenvalue weighted by Crippen LogP contribution is 2.23. The number of oxime groups is 1. The molecule has 0 spiro atoms. The van der Waals surface area contributed by atoms with Gasteiger partial charge in [-0.15, -0.1) is 0 Å². The van der Waals surface area contributed by atoms with Crippen molar-refractivity contribution in [2.24, 2.45) is 11.1 Å². The number of ketones is 1. The number of urea groups is 1. The number of benzene rings is 2. The van der Waals surface area contributed by atoms with Crippen molar-refractivity contribution in [3.8, 4) is 0 Å². The van der Waals surface area contributed by atoms with Gasteiger partial charge in [0.05, 0.1) is 10.9 Å². The first-order valence-corrected chi connectivity index (χ1v) is 11.8. The number of halogens is 2. The number of amides is 2. The van der Waals surface area contributed by atoms with E-state index in [4.69, 9.17) is 4.63 Å². The molecule has 0 radical (unpaired) electrons. The van der Waals surface area contributed by atoms with Gasteiger partial charge in [0.2, 0.25) is 0 Å². The summed E-state index contributed by atoms with van der Waals surface area (Å²) >= 11 is 3.13. The summed E-state index contributed by atoms with van der Waals surface area (Å²) in [5.41, 5.74) is 2.00. The first-order valence-electron chi connectivity index (χ1n) is 11.0. The second kappa shape index (κ2) is 11.2. The molecule has 1 aliphatic heterocycles. The Kier molecular flexibility index (Phi) is 7.86. The van der Waals surface area contributed by atoms with E-state index in [9.17, 15) is 19.2 Å². The number of nitrogens with zero attached hydrogens (tertiary/aromatic N) is 4. The molecule has 11 heteroatoms. The summed E-state index contributed by atoms with van der Waals surface area (Å²) in [5, 5.41) is 23.4. The van der Waals surface area contributed by atoms with Crippen molar-refractivity contribution in [1.29, 1.82) is 0 Å². The van der Waals surface area contributed by atoms with E-state index < -0.39 is 5.82 Å². The predicted octanol–water partition coefficient (Wildman–Crippen LogP) is 4.45. The van der Waals surface area contributed by atoms with Gasteiger partial charge < -0.3 is 15.4 Å². The molecule has 0 unspecified atom stereocenters. The van der Waals surface area contributed by atoms with Crippen LogP contribution in [0.25, 0.3) is 0 Å². The van der Waals surface area contributed by atoms with Crippen LogP contribution in [-0.2, 0) is 17.6 Å². The number of carbonyl (C=O) groups is 2. The zero-order valence-electron chi connectivity index (χ0n) is 18.7. The van der Waals surface area contributed by atoms with Crippen molar-refractivity contribution >= 4 is 39.1 Å². The van der Waals surface area contributed by atoms with E-state index in [-0.39, 0.29) is 52.1 Å². The van der Waals surface area contributed by atoms with Crippen LogP contribution in [0.5, 0.6) is 0 Å². The van der Waals surface area contributed by atoms with Gasteiger partial charge in [-0.3, -0.25) is 4.79 Å². The third-order valence-corrected chi connectivity index (χ3v) is 6.52. The Hall–Kier alpha value is -3.60. The lowest BCUT2D eigenvalue weighted by Gasteiger charge is -2.31. The maximum absolute atomic E-state index is 13.5. The van der Waals surface area contributed by atoms with Crippen LogP contribution in [0.1, 0.15) is 29.8 Å². The molecule has 2 heterocycles. The molecule has 0 saturated carbocycles. The van der Waals surface area contributed by atoms with Gasteiger partial charge in [-0.2, -0.15) is 0 Å². The summed E-state index contributed by atoms with van der Waals surface area (Å²) in [4.78, 5) is 27.1. The quantitative estimate of drug-likeness (QED) is 0.258. The molecule has 2 N–H and O–H groups in total. The largest absolute Gasteiger partial charge is 0.411 e. The van der Waals surface area contributed by atoms with Crippen LogP contribution in [-0.4, -0.2) is 51.0 Å². The fraction of sp³-hybridized carbons (Fsp3) is 0.292. The fourth-order valence-electron chi connectivity index (χ4n) is 3.99. The number of rotatable bonds is 7. The van der Waals surface area contributed by atoms with Crippen LogP contribution < -0.4 is 5.32 Å². The van der Waals surface area contributed by atoms with E-state index in [0.29, 0.717) is 31.5 Å². The van der Waals surface area contributed by atoms with Gasteiger partial charge in [-0.1, -0.05) is 34.6 Å². The zero-order chi connectivity index (χ0) is 24.8. The molecule has 0 aliphatic carbocycles.